The number of imide groups is 1. The molecule has 2 amide bonds. The second kappa shape index (κ2) is 6.46. The Morgan fingerprint density at radius 1 is 1.15 bits per heavy atom. The van der Waals surface area contributed by atoms with Gasteiger partial charge >= 0.3 is 5.97 Å². The summed E-state index contributed by atoms with van der Waals surface area (Å²) >= 11 is 0. The van der Waals surface area contributed by atoms with E-state index in [0.717, 1.165) is 0 Å². The Kier molecular flexibility index (Phi) is 4.23. The molecule has 140 valence electrons. The number of carbonyl (C=O) groups is 3. The Morgan fingerprint density at radius 2 is 1.81 bits per heavy atom. The molecule has 2 heterocycles. The highest BCUT2D eigenvalue weighted by atomic mass is 16.5. The topological polar surface area (TPSA) is 75.7 Å². The van der Waals surface area contributed by atoms with Gasteiger partial charge in [-0.25, -0.2) is 4.90 Å². The van der Waals surface area contributed by atoms with Crippen LogP contribution in [0.1, 0.15) is 13.8 Å². The number of nitrogens with zero attached hydrogens (tertiary/aromatic N) is 1. The van der Waals surface area contributed by atoms with Crippen molar-refractivity contribution in [2.24, 2.45) is 17.8 Å². The van der Waals surface area contributed by atoms with Crippen LogP contribution in [0.15, 0.2) is 54.6 Å². The van der Waals surface area contributed by atoms with Gasteiger partial charge in [0.1, 0.15) is 5.54 Å². The fraction of sp³-hybridized carbons (Fsp3) is 0.381. The predicted octanol–water partition coefficient (Wildman–Crippen LogP) is 1.83. The highest BCUT2D eigenvalue weighted by Gasteiger charge is 2.67. The van der Waals surface area contributed by atoms with E-state index in [-0.39, 0.29) is 30.4 Å². The number of benzene rings is 1. The smallest absolute Gasteiger partial charge is 0.326 e. The number of ether oxygens (including phenoxy) is 1. The summed E-state index contributed by atoms with van der Waals surface area (Å²) in [6.45, 7) is 3.61. The summed E-state index contributed by atoms with van der Waals surface area (Å²) in [7, 11) is 0. The third-order valence-electron chi connectivity index (χ3n) is 5.73. The van der Waals surface area contributed by atoms with Gasteiger partial charge in [0.15, 0.2) is 0 Å². The minimum atomic E-state index is -1.24. The van der Waals surface area contributed by atoms with Gasteiger partial charge in [-0.05, 0) is 26.0 Å². The van der Waals surface area contributed by atoms with Crippen molar-refractivity contribution in [1.29, 1.82) is 0 Å². The van der Waals surface area contributed by atoms with Crippen LogP contribution in [0.4, 0.5) is 5.69 Å². The molecule has 1 aromatic rings. The number of hydrogen-bond donors (Lipinski definition) is 1. The van der Waals surface area contributed by atoms with Crippen LogP contribution in [0.2, 0.25) is 0 Å². The fourth-order valence-electron chi connectivity index (χ4n) is 4.51. The molecular weight excluding hydrogens is 344 g/mol. The third kappa shape index (κ3) is 2.55. The molecule has 2 fully saturated rings. The molecule has 4 atom stereocenters. The number of rotatable bonds is 4. The third-order valence-corrected chi connectivity index (χ3v) is 5.73. The zero-order chi connectivity index (χ0) is 19.2. The number of carbonyl (C=O) groups excluding carboxylic acids is 3. The highest BCUT2D eigenvalue weighted by Crippen LogP contribution is 2.47. The molecule has 3 aliphatic rings. The molecule has 0 radical (unpaired) electrons. The van der Waals surface area contributed by atoms with Gasteiger partial charge in [-0.3, -0.25) is 19.7 Å². The van der Waals surface area contributed by atoms with E-state index < -0.39 is 23.3 Å². The van der Waals surface area contributed by atoms with Crippen LogP contribution in [0.25, 0.3) is 0 Å². The number of allylic oxidation sites excluding steroid dienone is 2. The SMILES string of the molecule is CCOC(=O)C1(C)NC(C2C=CC=C2)C2C(=O)N(c3ccccc3)C(=O)C21. The first kappa shape index (κ1) is 17.7. The van der Waals surface area contributed by atoms with Crippen LogP contribution in [-0.4, -0.2) is 36.0 Å². The van der Waals surface area contributed by atoms with E-state index in [1.807, 2.05) is 30.4 Å². The number of hydrogen-bond acceptors (Lipinski definition) is 5. The van der Waals surface area contributed by atoms with Gasteiger partial charge in [0.05, 0.1) is 24.1 Å². The Labute approximate surface area is 157 Å². The molecule has 1 N–H and O–H groups in total. The van der Waals surface area contributed by atoms with Crippen molar-refractivity contribution in [3.63, 3.8) is 0 Å². The van der Waals surface area contributed by atoms with E-state index in [2.05, 4.69) is 5.32 Å². The summed E-state index contributed by atoms with van der Waals surface area (Å²) in [6.07, 6.45) is 7.79. The van der Waals surface area contributed by atoms with E-state index >= 15 is 0 Å². The molecule has 1 aromatic carbocycles. The second-order valence-corrected chi connectivity index (χ2v) is 7.29. The van der Waals surface area contributed by atoms with Crippen LogP contribution >= 0.6 is 0 Å². The lowest BCUT2D eigenvalue weighted by atomic mass is 9.79. The molecule has 0 spiro atoms. The number of fused-ring (bicyclic) bond motifs is 1. The van der Waals surface area contributed by atoms with Crippen molar-refractivity contribution >= 4 is 23.5 Å². The molecule has 4 rings (SSSR count). The summed E-state index contributed by atoms with van der Waals surface area (Å²) in [5, 5.41) is 3.28. The molecule has 0 aromatic heterocycles. The number of esters is 1. The molecule has 1 aliphatic carbocycles. The molecule has 0 bridgehead atoms. The summed E-state index contributed by atoms with van der Waals surface area (Å²) in [5.41, 5.74) is -0.712. The van der Waals surface area contributed by atoms with Gasteiger partial charge in [0, 0.05) is 12.0 Å². The first-order valence-electron chi connectivity index (χ1n) is 9.22. The van der Waals surface area contributed by atoms with Crippen molar-refractivity contribution in [1.82, 2.24) is 5.32 Å². The summed E-state index contributed by atoms with van der Waals surface area (Å²) in [4.78, 5) is 40.6. The van der Waals surface area contributed by atoms with Crippen LogP contribution in [0, 0.1) is 17.8 Å². The lowest BCUT2D eigenvalue weighted by molar-refractivity contribution is -0.153. The molecule has 6 heteroatoms. The minimum absolute atomic E-state index is 0.0544. The van der Waals surface area contributed by atoms with Crippen molar-refractivity contribution in [2.45, 2.75) is 25.4 Å². The monoisotopic (exact) mass is 366 g/mol. The van der Waals surface area contributed by atoms with Gasteiger partial charge < -0.3 is 4.74 Å². The Balaban J connectivity index is 1.78. The summed E-state index contributed by atoms with van der Waals surface area (Å²) in [5.74, 6) is -2.59. The summed E-state index contributed by atoms with van der Waals surface area (Å²) < 4.78 is 5.25. The average Bonchev–Trinajstić information content (AvgIpc) is 3.34. The van der Waals surface area contributed by atoms with Gasteiger partial charge in [-0.1, -0.05) is 42.5 Å². The average molecular weight is 366 g/mol. The molecular formula is C21H22N2O4. The van der Waals surface area contributed by atoms with Crippen molar-refractivity contribution in [3.8, 4) is 0 Å². The van der Waals surface area contributed by atoms with Gasteiger partial charge in [-0.2, -0.15) is 0 Å². The maximum absolute atomic E-state index is 13.3. The first-order chi connectivity index (χ1) is 13.0. The molecule has 0 saturated carbocycles. The van der Waals surface area contributed by atoms with Crippen molar-refractivity contribution in [2.75, 3.05) is 11.5 Å². The van der Waals surface area contributed by atoms with E-state index in [1.165, 1.54) is 4.90 Å². The Bertz CT molecular complexity index is 835. The standard InChI is InChI=1S/C21H22N2O4/c1-3-27-20(26)21(2)16-15(17(22-21)13-9-7-8-10-13)18(24)23(19(16)25)14-11-5-4-6-12-14/h4-13,15-17,22H,3H2,1-2H3. The van der Waals surface area contributed by atoms with Crippen LogP contribution in [0.3, 0.4) is 0 Å². The van der Waals surface area contributed by atoms with Gasteiger partial charge in [0.25, 0.3) is 0 Å². The Hall–Kier alpha value is -2.73. The number of nitrogens with one attached hydrogen (secondary N) is 1. The van der Waals surface area contributed by atoms with E-state index in [4.69, 9.17) is 4.74 Å². The zero-order valence-corrected chi connectivity index (χ0v) is 15.3. The van der Waals surface area contributed by atoms with Gasteiger partial charge in [-0.15, -0.1) is 0 Å². The maximum atomic E-state index is 13.3. The maximum Gasteiger partial charge on any atom is 0.326 e. The molecule has 2 aliphatic heterocycles. The lowest BCUT2D eigenvalue weighted by Crippen LogP contribution is -2.56. The lowest BCUT2D eigenvalue weighted by Gasteiger charge is -2.30. The number of amides is 2. The number of para-hydroxylation sites is 1. The van der Waals surface area contributed by atoms with Crippen molar-refractivity contribution in [3.05, 3.63) is 54.6 Å². The van der Waals surface area contributed by atoms with Crippen LogP contribution < -0.4 is 10.2 Å². The zero-order valence-electron chi connectivity index (χ0n) is 15.3. The Morgan fingerprint density at radius 3 is 2.44 bits per heavy atom. The quantitative estimate of drug-likeness (QED) is 0.650. The van der Waals surface area contributed by atoms with E-state index in [9.17, 15) is 14.4 Å². The van der Waals surface area contributed by atoms with E-state index in [0.29, 0.717) is 5.69 Å². The highest BCUT2D eigenvalue weighted by molar-refractivity contribution is 6.24. The first-order valence-corrected chi connectivity index (χ1v) is 9.22. The normalized spacial score (nSPS) is 32.4. The molecule has 2 saturated heterocycles. The fourth-order valence-corrected chi connectivity index (χ4v) is 4.51. The van der Waals surface area contributed by atoms with E-state index in [1.54, 1.807) is 38.1 Å². The van der Waals surface area contributed by atoms with Crippen molar-refractivity contribution < 1.29 is 19.1 Å². The minimum Gasteiger partial charge on any atom is -0.465 e. The summed E-state index contributed by atoms with van der Waals surface area (Å²) in [6, 6.07) is 8.52. The van der Waals surface area contributed by atoms with Crippen LogP contribution in [0.5, 0.6) is 0 Å². The molecule has 27 heavy (non-hydrogen) atoms. The molecule has 4 unspecified atom stereocenters. The number of anilines is 1. The van der Waals surface area contributed by atoms with Gasteiger partial charge in [0.2, 0.25) is 11.8 Å². The predicted molar refractivity (Wildman–Crippen MR) is 99.6 cm³/mol. The second-order valence-electron chi connectivity index (χ2n) is 7.29. The largest absolute Gasteiger partial charge is 0.465 e. The van der Waals surface area contributed by atoms with Crippen LogP contribution in [-0.2, 0) is 19.1 Å². The molecule has 6 nitrogen and oxygen atoms in total.